The lowest BCUT2D eigenvalue weighted by atomic mass is 10.0. The Bertz CT molecular complexity index is 932. The van der Waals surface area contributed by atoms with Crippen molar-refractivity contribution in [2.75, 3.05) is 0 Å². The number of carbonyl (C=O) groups is 1. The van der Waals surface area contributed by atoms with Crippen LogP contribution in [-0.4, -0.2) is 26.4 Å². The summed E-state index contributed by atoms with van der Waals surface area (Å²) in [5.74, 6) is -0.231. The number of amides is 1. The van der Waals surface area contributed by atoms with Gasteiger partial charge in [-0.05, 0) is 37.0 Å². The lowest BCUT2D eigenvalue weighted by Gasteiger charge is -2.15. The average molecular weight is 417 g/mol. The highest BCUT2D eigenvalue weighted by molar-refractivity contribution is 7.88. The van der Waals surface area contributed by atoms with Crippen molar-refractivity contribution in [3.63, 3.8) is 0 Å². The summed E-state index contributed by atoms with van der Waals surface area (Å²) >= 11 is 0. The maximum Gasteiger partial charge on any atom is 0.238 e. The van der Waals surface area contributed by atoms with Gasteiger partial charge in [0.05, 0.1) is 5.75 Å². The molecule has 29 heavy (non-hydrogen) atoms. The number of nitrogens with one attached hydrogen (secondary N) is 4. The van der Waals surface area contributed by atoms with E-state index in [1.54, 1.807) is 26.0 Å². The summed E-state index contributed by atoms with van der Waals surface area (Å²) in [6.45, 7) is 3.85. The first kappa shape index (κ1) is 21.4. The van der Waals surface area contributed by atoms with Crippen LogP contribution in [-0.2, 0) is 27.1 Å². The van der Waals surface area contributed by atoms with Gasteiger partial charge in [0.15, 0.2) is 0 Å². The van der Waals surface area contributed by atoms with E-state index in [9.17, 15) is 13.2 Å². The molecule has 0 bridgehead atoms. The second-order valence-corrected chi connectivity index (χ2v) is 9.31. The van der Waals surface area contributed by atoms with Gasteiger partial charge in [-0.3, -0.25) is 4.79 Å². The number of hydrogen-bond acceptors (Lipinski definition) is 5. The molecule has 1 fully saturated rings. The zero-order chi connectivity index (χ0) is 20.9. The molecule has 1 aliphatic heterocycles. The van der Waals surface area contributed by atoms with Crippen LogP contribution in [0.4, 0.5) is 0 Å². The van der Waals surface area contributed by atoms with Gasteiger partial charge >= 0.3 is 0 Å². The number of sulfonamides is 1. The Kier molecular flexibility index (Phi) is 7.02. The van der Waals surface area contributed by atoms with Gasteiger partial charge in [0.2, 0.25) is 15.9 Å². The molecule has 156 valence electrons. The van der Waals surface area contributed by atoms with E-state index in [0.717, 1.165) is 11.1 Å². The SMILES string of the molecule is CC(C)NS(=O)(=O)Cc1ccccc1CNC(=O)C1CC(c2ccccc2)NN1. The molecule has 1 amide bonds. The molecular weight excluding hydrogens is 388 g/mol. The molecule has 1 heterocycles. The minimum Gasteiger partial charge on any atom is -0.351 e. The highest BCUT2D eigenvalue weighted by Gasteiger charge is 2.29. The number of benzene rings is 2. The van der Waals surface area contributed by atoms with Crippen molar-refractivity contribution < 1.29 is 13.2 Å². The molecule has 7 nitrogen and oxygen atoms in total. The van der Waals surface area contributed by atoms with Crippen molar-refractivity contribution in [3.8, 4) is 0 Å². The second kappa shape index (κ2) is 9.49. The third-order valence-electron chi connectivity index (χ3n) is 4.75. The largest absolute Gasteiger partial charge is 0.351 e. The fourth-order valence-corrected chi connectivity index (χ4v) is 4.91. The summed E-state index contributed by atoms with van der Waals surface area (Å²) in [4.78, 5) is 12.6. The van der Waals surface area contributed by atoms with E-state index >= 15 is 0 Å². The topological polar surface area (TPSA) is 99.3 Å². The first-order valence-electron chi connectivity index (χ1n) is 9.74. The molecule has 0 aliphatic carbocycles. The lowest BCUT2D eigenvalue weighted by molar-refractivity contribution is -0.123. The number of hydrogen-bond donors (Lipinski definition) is 4. The Labute approximate surface area is 172 Å². The van der Waals surface area contributed by atoms with Crippen LogP contribution in [0.1, 0.15) is 43.0 Å². The summed E-state index contributed by atoms with van der Waals surface area (Å²) in [5.41, 5.74) is 8.81. The lowest BCUT2D eigenvalue weighted by Crippen LogP contribution is -2.43. The molecule has 0 saturated carbocycles. The van der Waals surface area contributed by atoms with Crippen molar-refractivity contribution in [1.82, 2.24) is 20.9 Å². The van der Waals surface area contributed by atoms with Gasteiger partial charge in [-0.2, -0.15) is 0 Å². The summed E-state index contributed by atoms with van der Waals surface area (Å²) in [5, 5.41) is 2.92. The Hall–Kier alpha value is -2.26. The molecular formula is C21H28N4O3S. The van der Waals surface area contributed by atoms with Crippen LogP contribution in [0.3, 0.4) is 0 Å². The van der Waals surface area contributed by atoms with Crippen LogP contribution in [0, 0.1) is 0 Å². The van der Waals surface area contributed by atoms with E-state index in [0.29, 0.717) is 12.0 Å². The van der Waals surface area contributed by atoms with E-state index < -0.39 is 10.0 Å². The molecule has 2 atom stereocenters. The molecule has 0 radical (unpaired) electrons. The van der Waals surface area contributed by atoms with E-state index in [1.165, 1.54) is 0 Å². The first-order chi connectivity index (χ1) is 13.8. The quantitative estimate of drug-likeness (QED) is 0.525. The van der Waals surface area contributed by atoms with Gasteiger partial charge in [0, 0.05) is 18.6 Å². The van der Waals surface area contributed by atoms with E-state index in [-0.39, 0.29) is 36.3 Å². The number of rotatable bonds is 8. The zero-order valence-electron chi connectivity index (χ0n) is 16.7. The monoisotopic (exact) mass is 416 g/mol. The van der Waals surface area contributed by atoms with Crippen molar-refractivity contribution >= 4 is 15.9 Å². The predicted octanol–water partition coefficient (Wildman–Crippen LogP) is 1.74. The van der Waals surface area contributed by atoms with Gasteiger partial charge in [0.25, 0.3) is 0 Å². The summed E-state index contributed by atoms with van der Waals surface area (Å²) < 4.78 is 27.1. The Morgan fingerprint density at radius 1 is 1.03 bits per heavy atom. The van der Waals surface area contributed by atoms with Crippen LogP contribution in [0.5, 0.6) is 0 Å². The summed E-state index contributed by atoms with van der Waals surface area (Å²) in [6.07, 6.45) is 0.643. The fraction of sp³-hybridized carbons (Fsp3) is 0.381. The van der Waals surface area contributed by atoms with Crippen LogP contribution < -0.4 is 20.9 Å². The molecule has 0 spiro atoms. The highest BCUT2D eigenvalue weighted by Crippen LogP contribution is 2.22. The third kappa shape index (κ3) is 6.11. The molecule has 2 aromatic rings. The normalized spacial score (nSPS) is 19.4. The Morgan fingerprint density at radius 3 is 2.38 bits per heavy atom. The van der Waals surface area contributed by atoms with Crippen LogP contribution in [0.15, 0.2) is 54.6 Å². The summed E-state index contributed by atoms with van der Waals surface area (Å²) in [7, 11) is -3.43. The average Bonchev–Trinajstić information content (AvgIpc) is 3.17. The van der Waals surface area contributed by atoms with Gasteiger partial charge in [0.1, 0.15) is 6.04 Å². The van der Waals surface area contributed by atoms with Gasteiger partial charge in [-0.15, -0.1) is 0 Å². The maximum atomic E-state index is 12.6. The second-order valence-electron chi connectivity index (χ2n) is 7.56. The van der Waals surface area contributed by atoms with E-state index in [2.05, 4.69) is 20.9 Å². The molecule has 3 rings (SSSR count). The van der Waals surface area contributed by atoms with E-state index in [4.69, 9.17) is 0 Å². The van der Waals surface area contributed by atoms with Gasteiger partial charge in [-0.1, -0.05) is 54.6 Å². The van der Waals surface area contributed by atoms with Crippen LogP contribution >= 0.6 is 0 Å². The minimum absolute atomic E-state index is 0.0755. The standard InChI is InChI=1S/C21H28N4O3S/c1-15(2)25-29(27,28)14-18-11-7-6-10-17(18)13-22-21(26)20-12-19(23-24-20)16-8-4-3-5-9-16/h3-11,15,19-20,23-25H,12-14H2,1-2H3,(H,22,26). The highest BCUT2D eigenvalue weighted by atomic mass is 32.2. The third-order valence-corrected chi connectivity index (χ3v) is 6.28. The minimum atomic E-state index is -3.43. The predicted molar refractivity (Wildman–Crippen MR) is 113 cm³/mol. The van der Waals surface area contributed by atoms with Crippen molar-refractivity contribution in [1.29, 1.82) is 0 Å². The smallest absolute Gasteiger partial charge is 0.238 e. The summed E-state index contributed by atoms with van der Waals surface area (Å²) in [6, 6.07) is 16.8. The maximum absolute atomic E-state index is 12.6. The van der Waals surface area contributed by atoms with Crippen LogP contribution in [0.2, 0.25) is 0 Å². The molecule has 2 unspecified atom stereocenters. The van der Waals surface area contributed by atoms with Gasteiger partial charge in [-0.25, -0.2) is 24.0 Å². The molecule has 4 N–H and O–H groups in total. The first-order valence-corrected chi connectivity index (χ1v) is 11.4. The molecule has 1 saturated heterocycles. The molecule has 8 heteroatoms. The van der Waals surface area contributed by atoms with Gasteiger partial charge < -0.3 is 5.32 Å². The van der Waals surface area contributed by atoms with Crippen molar-refractivity contribution in [2.24, 2.45) is 0 Å². The van der Waals surface area contributed by atoms with E-state index in [1.807, 2.05) is 42.5 Å². The van der Waals surface area contributed by atoms with Crippen molar-refractivity contribution in [3.05, 3.63) is 71.3 Å². The molecule has 1 aliphatic rings. The molecule has 0 aromatic heterocycles. The number of hydrazine groups is 1. The fourth-order valence-electron chi connectivity index (χ4n) is 3.41. The Morgan fingerprint density at radius 2 is 1.69 bits per heavy atom. The Balaban J connectivity index is 1.58. The van der Waals surface area contributed by atoms with Crippen LogP contribution in [0.25, 0.3) is 0 Å². The number of carbonyl (C=O) groups excluding carboxylic acids is 1. The molecule has 2 aromatic carbocycles. The zero-order valence-corrected chi connectivity index (χ0v) is 17.5. The van der Waals surface area contributed by atoms with Crippen molar-refractivity contribution in [2.45, 2.75) is 50.7 Å².